The normalized spacial score (nSPS) is 10.0. The Balaban J connectivity index is 2.54. The number of thioether (sulfide) groups is 1. The van der Waals surface area contributed by atoms with Crippen LogP contribution in [-0.2, 0) is 0 Å². The Kier molecular flexibility index (Phi) is 4.46. The summed E-state index contributed by atoms with van der Waals surface area (Å²) in [6, 6.07) is 8.50. The monoisotopic (exact) mass is 210 g/mol. The molecule has 0 heterocycles. The average molecular weight is 210 g/mol. The fourth-order valence-corrected chi connectivity index (χ4v) is 2.33. The summed E-state index contributed by atoms with van der Waals surface area (Å²) in [5.41, 5.74) is 1.30. The van der Waals surface area contributed by atoms with Crippen molar-refractivity contribution >= 4 is 28.2 Å². The van der Waals surface area contributed by atoms with Crippen LogP contribution < -0.4 is 0 Å². The van der Waals surface area contributed by atoms with Crippen LogP contribution in [0.5, 0.6) is 0 Å². The van der Waals surface area contributed by atoms with Gasteiger partial charge in [0.2, 0.25) is 0 Å². The van der Waals surface area contributed by atoms with Crippen LogP contribution in [0.25, 0.3) is 0 Å². The summed E-state index contributed by atoms with van der Waals surface area (Å²) in [4.78, 5) is 1.25. The molecule has 1 rings (SSSR count). The summed E-state index contributed by atoms with van der Waals surface area (Å²) in [6.45, 7) is 4.25. The third kappa shape index (κ3) is 3.92. The molecule has 0 atom stereocenters. The van der Waals surface area contributed by atoms with Gasteiger partial charge in [0.1, 0.15) is 0 Å². The van der Waals surface area contributed by atoms with E-state index in [0.717, 1.165) is 17.0 Å². The smallest absolute Gasteiger partial charge is 0.0527 e. The van der Waals surface area contributed by atoms with Gasteiger partial charge in [-0.1, -0.05) is 55.0 Å². The standard InChI is InChI=1S/C11H14S2/c1-3-4-11(12)13-10-7-5-9(2)6-8-10/h5-8H,3-4H2,1-2H3. The zero-order chi connectivity index (χ0) is 9.68. The summed E-state index contributed by atoms with van der Waals surface area (Å²) in [7, 11) is 0. The number of thiocarbonyl (C=S) groups is 1. The van der Waals surface area contributed by atoms with Crippen molar-refractivity contribution in [3.63, 3.8) is 0 Å². The van der Waals surface area contributed by atoms with Gasteiger partial charge < -0.3 is 0 Å². The maximum atomic E-state index is 5.23. The third-order valence-electron chi connectivity index (χ3n) is 1.71. The highest BCUT2D eigenvalue weighted by molar-refractivity contribution is 8.23. The topological polar surface area (TPSA) is 0 Å². The van der Waals surface area contributed by atoms with Crippen LogP contribution in [0.4, 0.5) is 0 Å². The van der Waals surface area contributed by atoms with Crippen LogP contribution in [0.3, 0.4) is 0 Å². The first-order valence-electron chi connectivity index (χ1n) is 4.49. The van der Waals surface area contributed by atoms with E-state index in [2.05, 4.69) is 38.1 Å². The lowest BCUT2D eigenvalue weighted by Gasteiger charge is -2.01. The molecule has 0 aliphatic rings. The molecule has 0 unspecified atom stereocenters. The van der Waals surface area contributed by atoms with Crippen molar-refractivity contribution < 1.29 is 0 Å². The van der Waals surface area contributed by atoms with E-state index in [1.165, 1.54) is 10.5 Å². The molecule has 0 nitrogen and oxygen atoms in total. The van der Waals surface area contributed by atoms with E-state index in [0.29, 0.717) is 0 Å². The number of hydrogen-bond acceptors (Lipinski definition) is 2. The summed E-state index contributed by atoms with van der Waals surface area (Å²) in [5, 5.41) is 0. The van der Waals surface area contributed by atoms with Crippen LogP contribution in [0, 0.1) is 6.92 Å². The van der Waals surface area contributed by atoms with E-state index in [9.17, 15) is 0 Å². The molecule has 1 aromatic carbocycles. The maximum absolute atomic E-state index is 5.23. The lowest BCUT2D eigenvalue weighted by atomic mass is 10.2. The van der Waals surface area contributed by atoms with Crippen LogP contribution >= 0.6 is 24.0 Å². The molecule has 70 valence electrons. The van der Waals surface area contributed by atoms with Gasteiger partial charge in [-0.2, -0.15) is 0 Å². The van der Waals surface area contributed by atoms with Gasteiger partial charge in [-0.3, -0.25) is 0 Å². The minimum absolute atomic E-state index is 1.04. The minimum Gasteiger partial charge on any atom is -0.0828 e. The fourth-order valence-electron chi connectivity index (χ4n) is 0.993. The number of rotatable bonds is 3. The Hall–Kier alpha value is -0.340. The van der Waals surface area contributed by atoms with E-state index < -0.39 is 0 Å². The molecule has 1 aromatic rings. The Bertz CT molecular complexity index is 275. The molecule has 0 saturated carbocycles. The Morgan fingerprint density at radius 1 is 1.31 bits per heavy atom. The minimum atomic E-state index is 1.04. The maximum Gasteiger partial charge on any atom is 0.0527 e. The molecule has 0 aromatic heterocycles. The van der Waals surface area contributed by atoms with Gasteiger partial charge in [0, 0.05) is 4.90 Å². The lowest BCUT2D eigenvalue weighted by molar-refractivity contribution is 1.01. The van der Waals surface area contributed by atoms with Gasteiger partial charge in [-0.15, -0.1) is 0 Å². The van der Waals surface area contributed by atoms with Crippen molar-refractivity contribution in [1.82, 2.24) is 0 Å². The second-order valence-electron chi connectivity index (χ2n) is 3.04. The first-order chi connectivity index (χ1) is 6.22. The average Bonchev–Trinajstić information content (AvgIpc) is 2.09. The van der Waals surface area contributed by atoms with Crippen molar-refractivity contribution in [3.8, 4) is 0 Å². The van der Waals surface area contributed by atoms with E-state index in [1.54, 1.807) is 11.8 Å². The number of hydrogen-bond donors (Lipinski definition) is 0. The second kappa shape index (κ2) is 5.40. The van der Waals surface area contributed by atoms with Gasteiger partial charge >= 0.3 is 0 Å². The first-order valence-corrected chi connectivity index (χ1v) is 5.72. The van der Waals surface area contributed by atoms with E-state index in [4.69, 9.17) is 12.2 Å². The number of benzene rings is 1. The first kappa shape index (κ1) is 10.7. The summed E-state index contributed by atoms with van der Waals surface area (Å²) in [5.74, 6) is 0. The summed E-state index contributed by atoms with van der Waals surface area (Å²) >= 11 is 6.94. The SMILES string of the molecule is CCCC(=S)Sc1ccc(C)cc1. The molecule has 13 heavy (non-hydrogen) atoms. The van der Waals surface area contributed by atoms with Gasteiger partial charge in [-0.05, 0) is 25.5 Å². The lowest BCUT2D eigenvalue weighted by Crippen LogP contribution is -1.85. The third-order valence-corrected chi connectivity index (χ3v) is 3.10. The quantitative estimate of drug-likeness (QED) is 0.541. The largest absolute Gasteiger partial charge is 0.0828 e. The Labute approximate surface area is 89.7 Å². The number of aryl methyl sites for hydroxylation is 1. The molecule has 0 aliphatic carbocycles. The Morgan fingerprint density at radius 2 is 1.92 bits per heavy atom. The van der Waals surface area contributed by atoms with Crippen molar-refractivity contribution in [2.24, 2.45) is 0 Å². The van der Waals surface area contributed by atoms with Crippen molar-refractivity contribution in [2.75, 3.05) is 0 Å². The van der Waals surface area contributed by atoms with Crippen molar-refractivity contribution in [2.45, 2.75) is 31.6 Å². The summed E-state index contributed by atoms with van der Waals surface area (Å²) in [6.07, 6.45) is 2.17. The van der Waals surface area contributed by atoms with Crippen LogP contribution in [-0.4, -0.2) is 4.20 Å². The van der Waals surface area contributed by atoms with Crippen LogP contribution in [0.15, 0.2) is 29.2 Å². The molecule has 0 radical (unpaired) electrons. The second-order valence-corrected chi connectivity index (χ2v) is 4.96. The van der Waals surface area contributed by atoms with E-state index >= 15 is 0 Å². The highest BCUT2D eigenvalue weighted by Crippen LogP contribution is 2.22. The van der Waals surface area contributed by atoms with Crippen LogP contribution in [0.2, 0.25) is 0 Å². The van der Waals surface area contributed by atoms with E-state index in [-0.39, 0.29) is 0 Å². The molecule has 0 aliphatic heterocycles. The molecule has 0 bridgehead atoms. The summed E-state index contributed by atoms with van der Waals surface area (Å²) < 4.78 is 1.09. The van der Waals surface area contributed by atoms with Crippen molar-refractivity contribution in [1.29, 1.82) is 0 Å². The predicted octanol–water partition coefficient (Wildman–Crippen LogP) is 4.21. The van der Waals surface area contributed by atoms with Crippen molar-refractivity contribution in [3.05, 3.63) is 29.8 Å². The Morgan fingerprint density at radius 3 is 2.46 bits per heavy atom. The molecule has 0 amide bonds. The highest BCUT2D eigenvalue weighted by Gasteiger charge is 1.98. The van der Waals surface area contributed by atoms with E-state index in [1.807, 2.05) is 0 Å². The van der Waals surface area contributed by atoms with Crippen LogP contribution in [0.1, 0.15) is 25.3 Å². The highest BCUT2D eigenvalue weighted by atomic mass is 32.2. The molecular formula is C11H14S2. The fraction of sp³-hybridized carbons (Fsp3) is 0.364. The van der Waals surface area contributed by atoms with Gasteiger partial charge in [-0.25, -0.2) is 0 Å². The molecule has 0 fully saturated rings. The molecule has 0 N–H and O–H groups in total. The zero-order valence-corrected chi connectivity index (χ0v) is 9.67. The predicted molar refractivity (Wildman–Crippen MR) is 64.5 cm³/mol. The molecular weight excluding hydrogens is 196 g/mol. The molecule has 0 saturated heterocycles. The van der Waals surface area contributed by atoms with Gasteiger partial charge in [0.25, 0.3) is 0 Å². The van der Waals surface area contributed by atoms with Gasteiger partial charge in [0.15, 0.2) is 0 Å². The molecule has 2 heteroatoms. The molecule has 0 spiro atoms. The zero-order valence-electron chi connectivity index (χ0n) is 8.04. The van der Waals surface area contributed by atoms with Gasteiger partial charge in [0.05, 0.1) is 4.20 Å².